The van der Waals surface area contributed by atoms with Gasteiger partial charge in [-0.05, 0) is 41.8 Å². The van der Waals surface area contributed by atoms with Crippen molar-refractivity contribution in [3.05, 3.63) is 23.8 Å². The van der Waals surface area contributed by atoms with Crippen molar-refractivity contribution in [2.24, 2.45) is 0 Å². The molecule has 6 heteroatoms. The summed E-state index contributed by atoms with van der Waals surface area (Å²) in [5, 5.41) is 7.51. The summed E-state index contributed by atoms with van der Waals surface area (Å²) in [4.78, 5) is 6.62. The molecule has 2 aromatic rings. The van der Waals surface area contributed by atoms with Crippen molar-refractivity contribution < 1.29 is 9.26 Å². The number of nitrogens with zero attached hydrogens (tertiary/aromatic N) is 3. The molecule has 0 spiro atoms. The molecule has 1 N–H and O–H groups in total. The molecule has 1 fully saturated rings. The van der Waals surface area contributed by atoms with Gasteiger partial charge in [-0.15, -0.1) is 0 Å². The number of morpholine rings is 1. The van der Waals surface area contributed by atoms with E-state index in [1.54, 1.807) is 0 Å². The summed E-state index contributed by atoms with van der Waals surface area (Å²) in [5.41, 5.74) is 3.53. The van der Waals surface area contributed by atoms with E-state index in [1.807, 2.05) is 6.07 Å². The zero-order chi connectivity index (χ0) is 14.1. The van der Waals surface area contributed by atoms with E-state index in [4.69, 9.17) is 9.26 Å². The fourth-order valence-electron chi connectivity index (χ4n) is 2.83. The van der Waals surface area contributed by atoms with Crippen molar-refractivity contribution in [1.29, 1.82) is 0 Å². The summed E-state index contributed by atoms with van der Waals surface area (Å²) in [5.74, 6) is 1.24. The van der Waals surface area contributed by atoms with Gasteiger partial charge >= 0.3 is 0 Å². The number of rotatable bonds is 2. The molecule has 2 aliphatic heterocycles. The molecular formula is C15H18N4O2. The van der Waals surface area contributed by atoms with E-state index < -0.39 is 0 Å². The molecule has 0 aliphatic carbocycles. The summed E-state index contributed by atoms with van der Waals surface area (Å²) in [6.07, 6.45) is 2.26. The van der Waals surface area contributed by atoms with Crippen LogP contribution < -0.4 is 10.2 Å². The molecule has 21 heavy (non-hydrogen) atoms. The Hall–Kier alpha value is -2.08. The SMILES string of the molecule is c1cc2c(cc1-c1nc(N3CCOCC3)no1)CCCN2. The van der Waals surface area contributed by atoms with Gasteiger partial charge in [0.2, 0.25) is 0 Å². The molecule has 0 saturated carbocycles. The number of hydrogen-bond donors (Lipinski definition) is 1. The number of fused-ring (bicyclic) bond motifs is 1. The second-order valence-electron chi connectivity index (χ2n) is 5.40. The topological polar surface area (TPSA) is 63.4 Å². The maximum atomic E-state index is 5.43. The van der Waals surface area contributed by atoms with E-state index >= 15 is 0 Å². The minimum Gasteiger partial charge on any atom is -0.385 e. The minimum absolute atomic E-state index is 0.588. The van der Waals surface area contributed by atoms with E-state index in [-0.39, 0.29) is 0 Å². The first kappa shape index (κ1) is 12.6. The normalized spacial score (nSPS) is 18.2. The first-order valence-electron chi connectivity index (χ1n) is 7.44. The van der Waals surface area contributed by atoms with E-state index in [2.05, 4.69) is 32.5 Å². The highest BCUT2D eigenvalue weighted by molar-refractivity contribution is 5.64. The molecule has 1 aromatic carbocycles. The standard InChI is InChI=1S/C15H18N4O2/c1-2-11-10-12(3-4-13(11)16-5-1)14-17-15(18-21-14)19-6-8-20-9-7-19/h3-4,10,16H,1-2,5-9H2. The molecule has 0 unspecified atom stereocenters. The van der Waals surface area contributed by atoms with Gasteiger partial charge in [0.25, 0.3) is 11.8 Å². The Kier molecular flexibility index (Phi) is 3.23. The monoisotopic (exact) mass is 286 g/mol. The van der Waals surface area contributed by atoms with Gasteiger partial charge in [0.15, 0.2) is 0 Å². The Morgan fingerprint density at radius 2 is 2.10 bits per heavy atom. The molecule has 110 valence electrons. The second-order valence-corrected chi connectivity index (χ2v) is 5.40. The predicted molar refractivity (Wildman–Crippen MR) is 79.6 cm³/mol. The Morgan fingerprint density at radius 3 is 3.00 bits per heavy atom. The smallest absolute Gasteiger partial charge is 0.266 e. The maximum absolute atomic E-state index is 5.43. The number of ether oxygens (including phenoxy) is 1. The maximum Gasteiger partial charge on any atom is 0.266 e. The van der Waals surface area contributed by atoms with Crippen molar-refractivity contribution in [2.75, 3.05) is 43.1 Å². The number of benzene rings is 1. The van der Waals surface area contributed by atoms with Gasteiger partial charge < -0.3 is 19.5 Å². The molecule has 0 atom stereocenters. The van der Waals surface area contributed by atoms with Gasteiger partial charge in [0.05, 0.1) is 13.2 Å². The first-order valence-corrected chi connectivity index (χ1v) is 7.44. The third kappa shape index (κ3) is 2.47. The number of aromatic nitrogens is 2. The van der Waals surface area contributed by atoms with Gasteiger partial charge in [0.1, 0.15) is 0 Å². The molecule has 3 heterocycles. The third-order valence-electron chi connectivity index (χ3n) is 4.00. The quantitative estimate of drug-likeness (QED) is 0.910. The Morgan fingerprint density at radius 1 is 1.19 bits per heavy atom. The van der Waals surface area contributed by atoms with Crippen molar-refractivity contribution in [3.8, 4) is 11.5 Å². The summed E-state index contributed by atoms with van der Waals surface area (Å²) >= 11 is 0. The van der Waals surface area contributed by atoms with Crippen LogP contribution in [0.1, 0.15) is 12.0 Å². The lowest BCUT2D eigenvalue weighted by molar-refractivity contribution is 0.121. The number of aryl methyl sites for hydroxylation is 1. The lowest BCUT2D eigenvalue weighted by Crippen LogP contribution is -2.36. The van der Waals surface area contributed by atoms with Crippen LogP contribution in [0.5, 0.6) is 0 Å². The molecule has 0 bridgehead atoms. The molecule has 1 aromatic heterocycles. The number of anilines is 2. The summed E-state index contributed by atoms with van der Waals surface area (Å²) < 4.78 is 10.8. The summed E-state index contributed by atoms with van der Waals surface area (Å²) in [7, 11) is 0. The highest BCUT2D eigenvalue weighted by Gasteiger charge is 2.18. The first-order chi connectivity index (χ1) is 10.4. The second kappa shape index (κ2) is 5.37. The zero-order valence-corrected chi connectivity index (χ0v) is 11.8. The van der Waals surface area contributed by atoms with E-state index in [0.29, 0.717) is 25.1 Å². The number of nitrogens with one attached hydrogen (secondary N) is 1. The predicted octanol–water partition coefficient (Wildman–Crippen LogP) is 1.93. The Bertz CT molecular complexity index is 634. The molecule has 4 rings (SSSR count). The van der Waals surface area contributed by atoms with Crippen LogP contribution in [0.25, 0.3) is 11.5 Å². The average Bonchev–Trinajstić information content (AvgIpc) is 3.05. The summed E-state index contributed by atoms with van der Waals surface area (Å²) in [6, 6.07) is 6.29. The van der Waals surface area contributed by atoms with Crippen molar-refractivity contribution >= 4 is 11.6 Å². The van der Waals surface area contributed by atoms with Crippen molar-refractivity contribution in [1.82, 2.24) is 10.1 Å². The largest absolute Gasteiger partial charge is 0.385 e. The van der Waals surface area contributed by atoms with Gasteiger partial charge in [-0.25, -0.2) is 0 Å². The van der Waals surface area contributed by atoms with Crippen LogP contribution in [0.15, 0.2) is 22.7 Å². The van der Waals surface area contributed by atoms with Gasteiger partial charge in [0, 0.05) is 30.9 Å². The average molecular weight is 286 g/mol. The highest BCUT2D eigenvalue weighted by Crippen LogP contribution is 2.28. The van der Waals surface area contributed by atoms with Crippen molar-refractivity contribution in [3.63, 3.8) is 0 Å². The van der Waals surface area contributed by atoms with E-state index in [1.165, 1.54) is 17.7 Å². The van der Waals surface area contributed by atoms with Gasteiger partial charge in [-0.1, -0.05) is 0 Å². The highest BCUT2D eigenvalue weighted by atomic mass is 16.5. The van der Waals surface area contributed by atoms with Crippen LogP contribution in [0.4, 0.5) is 11.6 Å². The lowest BCUT2D eigenvalue weighted by Gasteiger charge is -2.24. The fourth-order valence-corrected chi connectivity index (χ4v) is 2.83. The minimum atomic E-state index is 0.588. The van der Waals surface area contributed by atoms with Crippen LogP contribution in [0, 0.1) is 0 Å². The molecule has 0 amide bonds. The third-order valence-corrected chi connectivity index (χ3v) is 4.00. The van der Waals surface area contributed by atoms with E-state index in [0.717, 1.165) is 31.6 Å². The molecule has 2 aliphatic rings. The number of hydrogen-bond acceptors (Lipinski definition) is 6. The molecule has 1 saturated heterocycles. The van der Waals surface area contributed by atoms with Crippen LogP contribution in [0.3, 0.4) is 0 Å². The summed E-state index contributed by atoms with van der Waals surface area (Å²) in [6.45, 7) is 4.11. The van der Waals surface area contributed by atoms with Crippen LogP contribution in [0.2, 0.25) is 0 Å². The van der Waals surface area contributed by atoms with Gasteiger partial charge in [-0.3, -0.25) is 0 Å². The molecule has 6 nitrogen and oxygen atoms in total. The lowest BCUT2D eigenvalue weighted by atomic mass is 10.0. The zero-order valence-electron chi connectivity index (χ0n) is 11.8. The van der Waals surface area contributed by atoms with Crippen LogP contribution in [-0.4, -0.2) is 43.0 Å². The van der Waals surface area contributed by atoms with E-state index in [9.17, 15) is 0 Å². The van der Waals surface area contributed by atoms with Crippen molar-refractivity contribution in [2.45, 2.75) is 12.8 Å². The van der Waals surface area contributed by atoms with Gasteiger partial charge in [-0.2, -0.15) is 4.98 Å². The fraction of sp³-hybridized carbons (Fsp3) is 0.467. The Labute approximate surface area is 123 Å². The molecular weight excluding hydrogens is 268 g/mol. The van der Waals surface area contributed by atoms with Crippen LogP contribution in [-0.2, 0) is 11.2 Å². The molecule has 0 radical (unpaired) electrons. The Balaban J connectivity index is 1.60. The van der Waals surface area contributed by atoms with Crippen LogP contribution >= 0.6 is 0 Å².